The fourth-order valence-corrected chi connectivity index (χ4v) is 3.17. The third-order valence-electron chi connectivity index (χ3n) is 4.52. The van der Waals surface area contributed by atoms with Gasteiger partial charge in [-0.2, -0.15) is 0 Å². The van der Waals surface area contributed by atoms with Gasteiger partial charge < -0.3 is 10.2 Å². The van der Waals surface area contributed by atoms with E-state index in [1.807, 2.05) is 0 Å². The molecule has 1 atom stereocenters. The highest BCUT2D eigenvalue weighted by Gasteiger charge is 2.19. The third-order valence-corrected chi connectivity index (χ3v) is 4.52. The van der Waals surface area contributed by atoms with Gasteiger partial charge in [-0.25, -0.2) is 0 Å². The van der Waals surface area contributed by atoms with Crippen LogP contribution in [0.2, 0.25) is 0 Å². The van der Waals surface area contributed by atoms with Crippen LogP contribution in [0, 0.1) is 0 Å². The van der Waals surface area contributed by atoms with Crippen molar-refractivity contribution in [2.75, 3.05) is 20.1 Å². The third kappa shape index (κ3) is 4.98. The molecule has 2 rings (SSSR count). The molecule has 1 heterocycles. The summed E-state index contributed by atoms with van der Waals surface area (Å²) in [6, 6.07) is 0.619. The van der Waals surface area contributed by atoms with Crippen molar-refractivity contribution in [2.24, 2.45) is 0 Å². The van der Waals surface area contributed by atoms with E-state index in [1.165, 1.54) is 57.1 Å². The molecule has 0 bridgehead atoms. The molecular weight excluding hydrogens is 236 g/mol. The highest BCUT2D eigenvalue weighted by Crippen LogP contribution is 2.19. The summed E-state index contributed by atoms with van der Waals surface area (Å²) in [5.74, 6) is 0.227. The number of piperidine rings is 1. The fraction of sp³-hybridized carbons (Fsp3) is 0.812. The first-order valence-electron chi connectivity index (χ1n) is 7.90. The molecule has 0 aromatic heterocycles. The second-order valence-electron chi connectivity index (χ2n) is 6.05. The minimum atomic E-state index is 0.227. The summed E-state index contributed by atoms with van der Waals surface area (Å²) in [7, 11) is 2.19. The van der Waals surface area contributed by atoms with Gasteiger partial charge in [0.1, 0.15) is 0 Å². The molecular formula is C16H28N2O. The van der Waals surface area contributed by atoms with E-state index < -0.39 is 0 Å². The van der Waals surface area contributed by atoms with Crippen molar-refractivity contribution >= 4 is 5.91 Å². The number of hydrogen-bond donors (Lipinski definition) is 1. The molecule has 1 aliphatic heterocycles. The fourth-order valence-electron chi connectivity index (χ4n) is 3.17. The summed E-state index contributed by atoms with van der Waals surface area (Å²) in [6.07, 6.45) is 12.9. The summed E-state index contributed by atoms with van der Waals surface area (Å²) < 4.78 is 0. The number of allylic oxidation sites excluding steroid dienone is 1. The molecule has 0 aromatic rings. The van der Waals surface area contributed by atoms with Gasteiger partial charge in [0.15, 0.2) is 0 Å². The quantitative estimate of drug-likeness (QED) is 0.774. The van der Waals surface area contributed by atoms with E-state index in [0.717, 1.165) is 13.0 Å². The first-order valence-corrected chi connectivity index (χ1v) is 7.90. The molecule has 0 radical (unpaired) electrons. The van der Waals surface area contributed by atoms with Crippen LogP contribution in [0.1, 0.15) is 57.8 Å². The molecule has 1 amide bonds. The van der Waals surface area contributed by atoms with Gasteiger partial charge in [0.2, 0.25) is 5.91 Å². The zero-order chi connectivity index (χ0) is 13.5. The first-order chi connectivity index (χ1) is 9.25. The van der Waals surface area contributed by atoms with Crippen LogP contribution < -0.4 is 5.32 Å². The van der Waals surface area contributed by atoms with Crippen LogP contribution in [0.5, 0.6) is 0 Å². The Kier molecular flexibility index (Phi) is 5.90. The van der Waals surface area contributed by atoms with E-state index in [-0.39, 0.29) is 5.91 Å². The minimum absolute atomic E-state index is 0.227. The first kappa shape index (κ1) is 14.6. The van der Waals surface area contributed by atoms with Crippen LogP contribution in [-0.2, 0) is 4.79 Å². The van der Waals surface area contributed by atoms with E-state index in [2.05, 4.69) is 23.3 Å². The second kappa shape index (κ2) is 7.68. The van der Waals surface area contributed by atoms with E-state index in [0.29, 0.717) is 12.5 Å². The van der Waals surface area contributed by atoms with Gasteiger partial charge in [0, 0.05) is 19.0 Å². The zero-order valence-corrected chi connectivity index (χ0v) is 12.3. The average molecular weight is 264 g/mol. The predicted octanol–water partition coefficient (Wildman–Crippen LogP) is 2.87. The largest absolute Gasteiger partial charge is 0.352 e. The SMILES string of the molecule is CN1CCCCC1CCC(=O)NCC1=CCCCC1. The second-order valence-corrected chi connectivity index (χ2v) is 6.05. The monoisotopic (exact) mass is 264 g/mol. The summed E-state index contributed by atoms with van der Waals surface area (Å²) in [4.78, 5) is 14.3. The molecule has 108 valence electrons. The van der Waals surface area contributed by atoms with Crippen molar-refractivity contribution in [2.45, 2.75) is 63.8 Å². The minimum Gasteiger partial charge on any atom is -0.352 e. The Morgan fingerprint density at radius 3 is 3.00 bits per heavy atom. The van der Waals surface area contributed by atoms with Gasteiger partial charge in [-0.15, -0.1) is 0 Å². The molecule has 1 aliphatic carbocycles. The molecule has 2 aliphatic rings. The molecule has 19 heavy (non-hydrogen) atoms. The van der Waals surface area contributed by atoms with Gasteiger partial charge >= 0.3 is 0 Å². The van der Waals surface area contributed by atoms with Gasteiger partial charge in [0.25, 0.3) is 0 Å². The zero-order valence-electron chi connectivity index (χ0n) is 12.3. The van der Waals surface area contributed by atoms with Gasteiger partial charge in [-0.05, 0) is 58.5 Å². The highest BCUT2D eigenvalue weighted by atomic mass is 16.1. The number of amides is 1. The van der Waals surface area contributed by atoms with E-state index in [9.17, 15) is 4.79 Å². The summed E-state index contributed by atoms with van der Waals surface area (Å²) in [5.41, 5.74) is 1.43. The molecule has 0 spiro atoms. The predicted molar refractivity (Wildman–Crippen MR) is 79.1 cm³/mol. The van der Waals surface area contributed by atoms with Gasteiger partial charge in [-0.3, -0.25) is 4.79 Å². The lowest BCUT2D eigenvalue weighted by Crippen LogP contribution is -2.37. The Hall–Kier alpha value is -0.830. The van der Waals surface area contributed by atoms with Crippen LogP contribution in [0.3, 0.4) is 0 Å². The maximum absolute atomic E-state index is 11.9. The van der Waals surface area contributed by atoms with Crippen molar-refractivity contribution in [3.63, 3.8) is 0 Å². The van der Waals surface area contributed by atoms with Gasteiger partial charge in [0.05, 0.1) is 0 Å². The molecule has 1 fully saturated rings. The number of carbonyl (C=O) groups excluding carboxylic acids is 1. The van der Waals surface area contributed by atoms with E-state index in [4.69, 9.17) is 0 Å². The molecule has 0 saturated carbocycles. The lowest BCUT2D eigenvalue weighted by Gasteiger charge is -2.32. The Labute approximate surface area is 117 Å². The van der Waals surface area contributed by atoms with Crippen molar-refractivity contribution in [1.82, 2.24) is 10.2 Å². The Morgan fingerprint density at radius 1 is 1.37 bits per heavy atom. The number of nitrogens with one attached hydrogen (secondary N) is 1. The lowest BCUT2D eigenvalue weighted by molar-refractivity contribution is -0.121. The van der Waals surface area contributed by atoms with E-state index >= 15 is 0 Å². The standard InChI is InChI=1S/C16H28N2O/c1-18-12-6-5-9-15(18)10-11-16(19)17-13-14-7-3-2-4-8-14/h7,15H,2-6,8-13H2,1H3,(H,17,19). The number of likely N-dealkylation sites (tertiary alicyclic amines) is 1. The molecule has 1 N–H and O–H groups in total. The summed E-state index contributed by atoms with van der Waals surface area (Å²) >= 11 is 0. The molecule has 3 nitrogen and oxygen atoms in total. The number of rotatable bonds is 5. The maximum atomic E-state index is 11.9. The van der Waals surface area contributed by atoms with Crippen molar-refractivity contribution < 1.29 is 4.79 Å². The highest BCUT2D eigenvalue weighted by molar-refractivity contribution is 5.76. The normalized spacial score (nSPS) is 24.9. The summed E-state index contributed by atoms with van der Waals surface area (Å²) in [6.45, 7) is 1.97. The molecule has 0 aromatic carbocycles. The van der Waals surface area contributed by atoms with Crippen molar-refractivity contribution in [1.29, 1.82) is 0 Å². The maximum Gasteiger partial charge on any atom is 0.220 e. The Bertz CT molecular complexity index is 325. The van der Waals surface area contributed by atoms with Crippen molar-refractivity contribution in [3.8, 4) is 0 Å². The number of hydrogen-bond acceptors (Lipinski definition) is 2. The Balaban J connectivity index is 1.62. The van der Waals surface area contributed by atoms with Crippen LogP contribution in [-0.4, -0.2) is 37.0 Å². The van der Waals surface area contributed by atoms with Crippen LogP contribution in [0.15, 0.2) is 11.6 Å². The summed E-state index contributed by atoms with van der Waals surface area (Å²) in [5, 5.41) is 3.08. The van der Waals surface area contributed by atoms with Gasteiger partial charge in [-0.1, -0.05) is 18.1 Å². The number of carbonyl (C=O) groups is 1. The molecule has 1 saturated heterocycles. The van der Waals surface area contributed by atoms with Crippen LogP contribution >= 0.6 is 0 Å². The topological polar surface area (TPSA) is 32.3 Å². The smallest absolute Gasteiger partial charge is 0.220 e. The lowest BCUT2D eigenvalue weighted by atomic mass is 9.98. The number of nitrogens with zero attached hydrogens (tertiary/aromatic N) is 1. The van der Waals surface area contributed by atoms with E-state index in [1.54, 1.807) is 0 Å². The molecule has 3 heteroatoms. The molecule has 1 unspecified atom stereocenters. The average Bonchev–Trinajstić information content (AvgIpc) is 2.45. The Morgan fingerprint density at radius 2 is 2.26 bits per heavy atom. The van der Waals surface area contributed by atoms with Crippen molar-refractivity contribution in [3.05, 3.63) is 11.6 Å². The van der Waals surface area contributed by atoms with Crippen LogP contribution in [0.25, 0.3) is 0 Å². The van der Waals surface area contributed by atoms with Crippen LogP contribution in [0.4, 0.5) is 0 Å².